The van der Waals surface area contributed by atoms with E-state index >= 15 is 0 Å². The fourth-order valence-corrected chi connectivity index (χ4v) is 4.01. The van der Waals surface area contributed by atoms with E-state index in [1.54, 1.807) is 30.3 Å². The third-order valence-electron chi connectivity index (χ3n) is 5.01. The largest absolute Gasteiger partial charge is 0.488 e. The number of rotatable bonds is 9. The Balaban J connectivity index is 1.58. The third kappa shape index (κ3) is 7.82. The van der Waals surface area contributed by atoms with E-state index in [0.29, 0.717) is 28.0 Å². The number of benzene rings is 3. The molecule has 9 heteroatoms. The highest BCUT2D eigenvalue weighted by atomic mass is 79.9. The van der Waals surface area contributed by atoms with Crippen LogP contribution < -0.4 is 15.5 Å². The molecule has 0 spiro atoms. The second kappa shape index (κ2) is 12.7. The van der Waals surface area contributed by atoms with Gasteiger partial charge in [-0.3, -0.25) is 9.59 Å². The number of amides is 2. The van der Waals surface area contributed by atoms with Crippen molar-refractivity contribution in [3.05, 3.63) is 97.9 Å². The molecule has 3 aromatic rings. The van der Waals surface area contributed by atoms with Crippen LogP contribution in [-0.4, -0.2) is 24.1 Å². The maximum Gasteiger partial charge on any atom is 0.262 e. The summed E-state index contributed by atoms with van der Waals surface area (Å²) in [5.74, 6) is -0.321. The maximum atomic E-state index is 12.7. The van der Waals surface area contributed by atoms with Crippen LogP contribution in [0.15, 0.2) is 76.3 Å². The zero-order valence-corrected chi connectivity index (χ0v) is 22.2. The van der Waals surface area contributed by atoms with Gasteiger partial charge in [-0.15, -0.1) is 0 Å². The molecule has 0 saturated heterocycles. The van der Waals surface area contributed by atoms with Gasteiger partial charge in [0.15, 0.2) is 0 Å². The second-order valence-corrected chi connectivity index (χ2v) is 9.71. The van der Waals surface area contributed by atoms with Gasteiger partial charge in [-0.1, -0.05) is 61.3 Å². The number of nitrogens with zero attached hydrogens (tertiary/aromatic N) is 1. The van der Waals surface area contributed by atoms with Crippen molar-refractivity contribution in [2.24, 2.45) is 11.0 Å². The molecule has 0 aliphatic rings. The Hall–Kier alpha value is -2.87. The molecule has 0 heterocycles. The summed E-state index contributed by atoms with van der Waals surface area (Å²) in [6.07, 6.45) is 1.51. The zero-order chi connectivity index (χ0) is 25.4. The first-order valence-corrected chi connectivity index (χ1v) is 12.3. The zero-order valence-electron chi connectivity index (χ0n) is 19.1. The molecule has 0 bridgehead atoms. The molecule has 0 radical (unpaired) electrons. The highest BCUT2D eigenvalue weighted by Gasteiger charge is 2.24. The molecule has 6 nitrogen and oxygen atoms in total. The summed E-state index contributed by atoms with van der Waals surface area (Å²) in [4.78, 5) is 25.2. The Bertz CT molecular complexity index is 1230. The van der Waals surface area contributed by atoms with Gasteiger partial charge >= 0.3 is 0 Å². The van der Waals surface area contributed by atoms with Gasteiger partial charge in [0.05, 0.1) is 10.7 Å². The molecule has 182 valence electrons. The Kier molecular flexibility index (Phi) is 9.72. The Morgan fingerprint density at radius 1 is 1.06 bits per heavy atom. The molecular formula is C26H24BrCl2N3O3. The monoisotopic (exact) mass is 575 g/mol. The van der Waals surface area contributed by atoms with Crippen molar-refractivity contribution in [2.45, 2.75) is 26.5 Å². The van der Waals surface area contributed by atoms with E-state index in [9.17, 15) is 9.59 Å². The molecule has 0 aliphatic heterocycles. The summed E-state index contributed by atoms with van der Waals surface area (Å²) in [5, 5.41) is 7.87. The Labute approximate surface area is 222 Å². The number of hydrogen-bond acceptors (Lipinski definition) is 4. The van der Waals surface area contributed by atoms with Crippen LogP contribution in [0, 0.1) is 5.92 Å². The minimum atomic E-state index is -0.772. The molecule has 0 aromatic heterocycles. The van der Waals surface area contributed by atoms with Gasteiger partial charge in [0, 0.05) is 21.2 Å². The molecule has 1 atom stereocenters. The first kappa shape index (κ1) is 26.7. The number of carbonyl (C=O) groups is 2. The summed E-state index contributed by atoms with van der Waals surface area (Å²) >= 11 is 15.6. The Morgan fingerprint density at radius 3 is 2.51 bits per heavy atom. The van der Waals surface area contributed by atoms with Crippen molar-refractivity contribution < 1.29 is 14.3 Å². The lowest BCUT2D eigenvalue weighted by molar-refractivity contribution is -0.123. The van der Waals surface area contributed by atoms with Crippen molar-refractivity contribution in [3.8, 4) is 5.75 Å². The average Bonchev–Trinajstić information content (AvgIpc) is 2.82. The summed E-state index contributed by atoms with van der Waals surface area (Å²) in [7, 11) is 0. The van der Waals surface area contributed by atoms with E-state index in [4.69, 9.17) is 27.9 Å². The minimum absolute atomic E-state index is 0.156. The summed E-state index contributed by atoms with van der Waals surface area (Å²) in [6, 6.07) is 18.7. The molecule has 1 unspecified atom stereocenters. The number of hydrogen-bond donors (Lipinski definition) is 2. The van der Waals surface area contributed by atoms with Gasteiger partial charge in [0.1, 0.15) is 18.4 Å². The van der Waals surface area contributed by atoms with Gasteiger partial charge in [0.2, 0.25) is 0 Å². The van der Waals surface area contributed by atoms with Crippen LogP contribution in [-0.2, 0) is 11.4 Å². The Morgan fingerprint density at radius 2 is 1.83 bits per heavy atom. The SMILES string of the molecule is CC(C)C(NC(=O)c1cccc(Cl)c1)C(=O)N/N=C/c1ccc(OCc2ccccc2Cl)c(Br)c1. The standard InChI is InChI=1S/C26H24BrCl2N3O3/c1-16(2)24(31-25(33)18-7-5-8-20(28)13-18)26(34)32-30-14-17-10-11-23(21(27)12-17)35-15-19-6-3-4-9-22(19)29/h3-14,16,24H,15H2,1-2H3,(H,31,33)(H,32,34)/b30-14+. The quantitative estimate of drug-likeness (QED) is 0.234. The predicted octanol–water partition coefficient (Wildman–Crippen LogP) is 6.24. The van der Waals surface area contributed by atoms with E-state index in [1.165, 1.54) is 6.21 Å². The van der Waals surface area contributed by atoms with Crippen LogP contribution in [0.25, 0.3) is 0 Å². The van der Waals surface area contributed by atoms with E-state index in [2.05, 4.69) is 31.8 Å². The van der Waals surface area contributed by atoms with Crippen molar-refractivity contribution in [2.75, 3.05) is 0 Å². The lowest BCUT2D eigenvalue weighted by Crippen LogP contribution is -2.48. The van der Waals surface area contributed by atoms with Gasteiger partial charge in [-0.05, 0) is 69.9 Å². The van der Waals surface area contributed by atoms with E-state index in [-0.39, 0.29) is 11.8 Å². The first-order valence-electron chi connectivity index (χ1n) is 10.8. The summed E-state index contributed by atoms with van der Waals surface area (Å²) in [6.45, 7) is 4.01. The van der Waals surface area contributed by atoms with Gasteiger partial charge in [-0.25, -0.2) is 5.43 Å². The summed E-state index contributed by atoms with van der Waals surface area (Å²) < 4.78 is 6.58. The van der Waals surface area contributed by atoms with Gasteiger partial charge in [-0.2, -0.15) is 5.10 Å². The lowest BCUT2D eigenvalue weighted by Gasteiger charge is -2.20. The molecule has 2 N–H and O–H groups in total. The number of hydrazone groups is 1. The van der Waals surface area contributed by atoms with E-state index in [0.717, 1.165) is 15.6 Å². The molecule has 35 heavy (non-hydrogen) atoms. The smallest absolute Gasteiger partial charge is 0.262 e. The molecule has 0 fully saturated rings. The predicted molar refractivity (Wildman–Crippen MR) is 143 cm³/mol. The third-order valence-corrected chi connectivity index (χ3v) is 6.23. The fourth-order valence-electron chi connectivity index (χ4n) is 3.11. The van der Waals surface area contributed by atoms with Crippen LogP contribution in [0.2, 0.25) is 10.0 Å². The lowest BCUT2D eigenvalue weighted by atomic mass is 10.0. The number of carbonyl (C=O) groups excluding carboxylic acids is 2. The van der Waals surface area contributed by atoms with E-state index in [1.807, 2.05) is 50.2 Å². The summed E-state index contributed by atoms with van der Waals surface area (Å²) in [5.41, 5.74) is 4.50. The normalized spacial score (nSPS) is 11.9. The van der Waals surface area contributed by atoms with Gasteiger partial charge in [0.25, 0.3) is 11.8 Å². The average molecular weight is 577 g/mol. The molecule has 0 saturated carbocycles. The van der Waals surface area contributed by atoms with E-state index < -0.39 is 11.9 Å². The van der Waals surface area contributed by atoms with Crippen molar-refractivity contribution >= 4 is 57.2 Å². The molecule has 3 aromatic carbocycles. The van der Waals surface area contributed by atoms with Crippen LogP contribution in [0.3, 0.4) is 0 Å². The number of halogens is 3. The van der Waals surface area contributed by atoms with Crippen LogP contribution >= 0.6 is 39.1 Å². The maximum absolute atomic E-state index is 12.7. The molecule has 2 amide bonds. The first-order chi connectivity index (χ1) is 16.7. The highest BCUT2D eigenvalue weighted by molar-refractivity contribution is 9.10. The second-order valence-electron chi connectivity index (χ2n) is 8.01. The van der Waals surface area contributed by atoms with Crippen molar-refractivity contribution in [1.29, 1.82) is 0 Å². The number of ether oxygens (including phenoxy) is 1. The minimum Gasteiger partial charge on any atom is -0.488 e. The number of nitrogens with one attached hydrogen (secondary N) is 2. The topological polar surface area (TPSA) is 79.8 Å². The molecule has 0 aliphatic carbocycles. The highest BCUT2D eigenvalue weighted by Crippen LogP contribution is 2.27. The van der Waals surface area contributed by atoms with Crippen LogP contribution in [0.1, 0.15) is 35.3 Å². The van der Waals surface area contributed by atoms with Gasteiger partial charge < -0.3 is 10.1 Å². The van der Waals surface area contributed by atoms with Crippen LogP contribution in [0.4, 0.5) is 0 Å². The van der Waals surface area contributed by atoms with Crippen molar-refractivity contribution in [3.63, 3.8) is 0 Å². The van der Waals surface area contributed by atoms with Crippen LogP contribution in [0.5, 0.6) is 5.75 Å². The molecular weight excluding hydrogens is 553 g/mol. The fraction of sp³-hybridized carbons (Fsp3) is 0.192. The molecule has 3 rings (SSSR count). The van der Waals surface area contributed by atoms with Crippen molar-refractivity contribution in [1.82, 2.24) is 10.7 Å².